The van der Waals surface area contributed by atoms with Gasteiger partial charge in [0.1, 0.15) is 5.82 Å². The third-order valence-corrected chi connectivity index (χ3v) is 5.33. The number of pyridine rings is 1. The van der Waals surface area contributed by atoms with Crippen LogP contribution >= 0.6 is 11.6 Å². The van der Waals surface area contributed by atoms with Crippen molar-refractivity contribution in [1.29, 1.82) is 0 Å². The van der Waals surface area contributed by atoms with Crippen molar-refractivity contribution in [3.63, 3.8) is 0 Å². The van der Waals surface area contributed by atoms with E-state index in [0.717, 1.165) is 25.2 Å². The molecule has 0 aliphatic rings. The number of nitrogens with zero attached hydrogens (tertiary/aromatic N) is 2. The highest BCUT2D eigenvalue weighted by atomic mass is 35.5. The zero-order valence-electron chi connectivity index (χ0n) is 14.6. The number of rotatable bonds is 8. The van der Waals surface area contributed by atoms with E-state index in [9.17, 15) is 8.42 Å². The summed E-state index contributed by atoms with van der Waals surface area (Å²) in [5.74, 6) is 0.270. The fourth-order valence-electron chi connectivity index (χ4n) is 2.17. The van der Waals surface area contributed by atoms with Gasteiger partial charge in [0.25, 0.3) is 10.0 Å². The van der Waals surface area contributed by atoms with Crippen LogP contribution in [0.5, 0.6) is 0 Å². The average molecular weight is 383 g/mol. The highest BCUT2D eigenvalue weighted by molar-refractivity contribution is 7.92. The summed E-state index contributed by atoms with van der Waals surface area (Å²) in [6.07, 6.45) is 2.62. The summed E-state index contributed by atoms with van der Waals surface area (Å²) in [6, 6.07) is 8.01. The number of hydrogen-bond acceptors (Lipinski definition) is 5. The molecule has 0 radical (unpaired) electrons. The van der Waals surface area contributed by atoms with Crippen LogP contribution in [-0.4, -0.2) is 45.5 Å². The molecule has 0 spiro atoms. The predicted octanol–water partition coefficient (Wildman–Crippen LogP) is 3.21. The fraction of sp³-hybridized carbons (Fsp3) is 0.353. The number of benzene rings is 1. The van der Waals surface area contributed by atoms with Crippen LogP contribution in [0.25, 0.3) is 0 Å². The number of aryl methyl sites for hydroxylation is 1. The molecule has 1 heterocycles. The van der Waals surface area contributed by atoms with Gasteiger partial charge in [0.2, 0.25) is 0 Å². The Kier molecular flexibility index (Phi) is 6.64. The van der Waals surface area contributed by atoms with E-state index in [1.54, 1.807) is 31.3 Å². The first-order valence-electron chi connectivity index (χ1n) is 7.91. The van der Waals surface area contributed by atoms with Gasteiger partial charge in [0.15, 0.2) is 0 Å². The first-order valence-corrected chi connectivity index (χ1v) is 9.78. The molecular formula is C17H23ClN4O2S. The Bertz CT molecular complexity index is 808. The number of aromatic nitrogens is 1. The molecule has 1 aromatic heterocycles. The minimum atomic E-state index is -3.69. The zero-order valence-corrected chi connectivity index (χ0v) is 16.2. The SMILES string of the molecule is Cc1cc(S(=O)(=O)Nc2ccc(NCCCN(C)C)cn2)ccc1Cl. The quantitative estimate of drug-likeness (QED) is 0.686. The van der Waals surface area contributed by atoms with Gasteiger partial charge in [-0.15, -0.1) is 0 Å². The van der Waals surface area contributed by atoms with E-state index in [-0.39, 0.29) is 10.7 Å². The maximum absolute atomic E-state index is 12.4. The summed E-state index contributed by atoms with van der Waals surface area (Å²) < 4.78 is 27.3. The second-order valence-electron chi connectivity index (χ2n) is 6.03. The molecule has 25 heavy (non-hydrogen) atoms. The Morgan fingerprint density at radius 1 is 1.20 bits per heavy atom. The second kappa shape index (κ2) is 8.51. The maximum Gasteiger partial charge on any atom is 0.263 e. The molecule has 0 atom stereocenters. The standard InChI is InChI=1S/C17H23ClN4O2S/c1-13-11-15(6-7-16(13)18)25(23,24)21-17-8-5-14(12-20-17)19-9-4-10-22(2)3/h5-8,11-12,19H,4,9-10H2,1-3H3,(H,20,21). The summed E-state index contributed by atoms with van der Waals surface area (Å²) in [6.45, 7) is 3.59. The van der Waals surface area contributed by atoms with E-state index in [1.807, 2.05) is 14.1 Å². The minimum Gasteiger partial charge on any atom is -0.384 e. The van der Waals surface area contributed by atoms with Crippen molar-refractivity contribution in [1.82, 2.24) is 9.88 Å². The van der Waals surface area contributed by atoms with Crippen LogP contribution in [0, 0.1) is 6.92 Å². The summed E-state index contributed by atoms with van der Waals surface area (Å²) in [4.78, 5) is 6.43. The molecule has 136 valence electrons. The number of anilines is 2. The lowest BCUT2D eigenvalue weighted by Gasteiger charge is -2.11. The van der Waals surface area contributed by atoms with Crippen LogP contribution in [0.4, 0.5) is 11.5 Å². The Morgan fingerprint density at radius 3 is 2.56 bits per heavy atom. The Hall–Kier alpha value is -1.83. The molecule has 0 bridgehead atoms. The first kappa shape index (κ1) is 19.5. The number of sulfonamides is 1. The normalized spacial score (nSPS) is 11.6. The summed E-state index contributed by atoms with van der Waals surface area (Å²) in [5.41, 5.74) is 1.55. The Labute approximate surface area is 154 Å². The van der Waals surface area contributed by atoms with Crippen molar-refractivity contribution in [3.8, 4) is 0 Å². The Morgan fingerprint density at radius 2 is 1.96 bits per heavy atom. The van der Waals surface area contributed by atoms with Gasteiger partial charge in [0.05, 0.1) is 16.8 Å². The molecule has 1 aromatic carbocycles. The van der Waals surface area contributed by atoms with Crippen LogP contribution in [0.2, 0.25) is 5.02 Å². The largest absolute Gasteiger partial charge is 0.384 e. The van der Waals surface area contributed by atoms with Crippen molar-refractivity contribution in [2.45, 2.75) is 18.2 Å². The third-order valence-electron chi connectivity index (χ3n) is 3.55. The van der Waals surface area contributed by atoms with E-state index in [0.29, 0.717) is 10.6 Å². The molecule has 0 unspecified atom stereocenters. The van der Waals surface area contributed by atoms with E-state index in [1.165, 1.54) is 12.1 Å². The fourth-order valence-corrected chi connectivity index (χ4v) is 3.38. The molecule has 0 saturated heterocycles. The van der Waals surface area contributed by atoms with E-state index >= 15 is 0 Å². The molecular weight excluding hydrogens is 360 g/mol. The van der Waals surface area contributed by atoms with Crippen molar-refractivity contribution in [3.05, 3.63) is 47.1 Å². The molecule has 6 nitrogen and oxygen atoms in total. The van der Waals surface area contributed by atoms with Gasteiger partial charge < -0.3 is 10.2 Å². The van der Waals surface area contributed by atoms with E-state index in [4.69, 9.17) is 11.6 Å². The smallest absolute Gasteiger partial charge is 0.263 e. The molecule has 0 aliphatic heterocycles. The van der Waals surface area contributed by atoms with Crippen LogP contribution in [0.3, 0.4) is 0 Å². The topological polar surface area (TPSA) is 74.3 Å². The van der Waals surface area contributed by atoms with E-state index < -0.39 is 10.0 Å². The first-order chi connectivity index (χ1) is 11.8. The van der Waals surface area contributed by atoms with Gasteiger partial charge in [-0.25, -0.2) is 13.4 Å². The second-order valence-corrected chi connectivity index (χ2v) is 8.12. The van der Waals surface area contributed by atoms with Crippen LogP contribution in [0.15, 0.2) is 41.4 Å². The maximum atomic E-state index is 12.4. The molecule has 0 fully saturated rings. The Balaban J connectivity index is 1.99. The van der Waals surface area contributed by atoms with Crippen molar-refractivity contribution in [2.75, 3.05) is 37.2 Å². The molecule has 2 N–H and O–H groups in total. The lowest BCUT2D eigenvalue weighted by atomic mass is 10.2. The van der Waals surface area contributed by atoms with Crippen molar-refractivity contribution < 1.29 is 8.42 Å². The van der Waals surface area contributed by atoms with Crippen molar-refractivity contribution in [2.24, 2.45) is 0 Å². The molecule has 8 heteroatoms. The lowest BCUT2D eigenvalue weighted by Crippen LogP contribution is -2.16. The van der Waals surface area contributed by atoms with Gasteiger partial charge in [-0.1, -0.05) is 11.6 Å². The van der Waals surface area contributed by atoms with Gasteiger partial charge in [-0.3, -0.25) is 4.72 Å². The molecule has 0 aliphatic carbocycles. The summed E-state index contributed by atoms with van der Waals surface area (Å²) in [5, 5.41) is 3.78. The highest BCUT2D eigenvalue weighted by Crippen LogP contribution is 2.21. The van der Waals surface area contributed by atoms with Crippen LogP contribution in [0.1, 0.15) is 12.0 Å². The van der Waals surface area contributed by atoms with Gasteiger partial charge in [-0.05, 0) is 69.9 Å². The van der Waals surface area contributed by atoms with Crippen LogP contribution < -0.4 is 10.0 Å². The van der Waals surface area contributed by atoms with Crippen LogP contribution in [-0.2, 0) is 10.0 Å². The summed E-state index contributed by atoms with van der Waals surface area (Å²) >= 11 is 5.94. The van der Waals surface area contributed by atoms with Gasteiger partial charge in [0, 0.05) is 11.6 Å². The predicted molar refractivity (Wildman–Crippen MR) is 103 cm³/mol. The van der Waals surface area contributed by atoms with E-state index in [2.05, 4.69) is 19.9 Å². The third kappa shape index (κ3) is 5.88. The zero-order chi connectivity index (χ0) is 18.4. The molecule has 2 rings (SSSR count). The summed E-state index contributed by atoms with van der Waals surface area (Å²) in [7, 11) is 0.372. The molecule has 0 amide bonds. The average Bonchev–Trinajstić information content (AvgIpc) is 2.55. The van der Waals surface area contributed by atoms with Gasteiger partial charge >= 0.3 is 0 Å². The van der Waals surface area contributed by atoms with Gasteiger partial charge in [-0.2, -0.15) is 0 Å². The molecule has 2 aromatic rings. The van der Waals surface area contributed by atoms with Crippen molar-refractivity contribution >= 4 is 33.1 Å². The monoisotopic (exact) mass is 382 g/mol. The molecule has 0 saturated carbocycles. The number of halogens is 1. The number of hydrogen-bond donors (Lipinski definition) is 2. The minimum absolute atomic E-state index is 0.155. The highest BCUT2D eigenvalue weighted by Gasteiger charge is 2.15. The lowest BCUT2D eigenvalue weighted by molar-refractivity contribution is 0.405. The number of nitrogens with one attached hydrogen (secondary N) is 2.